The Balaban J connectivity index is 1.99. The maximum absolute atomic E-state index is 11.9. The van der Waals surface area contributed by atoms with Crippen molar-refractivity contribution in [3.8, 4) is 0 Å². The quantitative estimate of drug-likeness (QED) is 0.941. The number of hydrogen-bond donors (Lipinski definition) is 1. The largest absolute Gasteiger partial charge is 0.326 e. The summed E-state index contributed by atoms with van der Waals surface area (Å²) in [5.41, 5.74) is 2.97. The Hall–Kier alpha value is -1.69. The lowest BCUT2D eigenvalue weighted by Gasteiger charge is -2.12. The molecule has 0 aliphatic rings. The molecule has 0 spiro atoms. The van der Waals surface area contributed by atoms with Crippen molar-refractivity contribution in [1.29, 1.82) is 0 Å². The van der Waals surface area contributed by atoms with Crippen molar-refractivity contribution in [2.75, 3.05) is 5.32 Å². The Labute approximate surface area is 120 Å². The molecule has 0 radical (unpaired) electrons. The summed E-state index contributed by atoms with van der Waals surface area (Å²) in [6.45, 7) is 4.48. The first-order chi connectivity index (χ1) is 9.06. The summed E-state index contributed by atoms with van der Waals surface area (Å²) in [5, 5.41) is 6.91. The van der Waals surface area contributed by atoms with Crippen LogP contribution in [0.1, 0.15) is 17.5 Å². The van der Waals surface area contributed by atoms with E-state index in [1.54, 1.807) is 11.0 Å². The second-order valence-electron chi connectivity index (χ2n) is 4.37. The highest BCUT2D eigenvalue weighted by atomic mass is 79.9. The van der Waals surface area contributed by atoms with Gasteiger partial charge in [-0.25, -0.2) is 4.98 Å². The van der Waals surface area contributed by atoms with Gasteiger partial charge < -0.3 is 5.32 Å². The fraction of sp³-hybridized carbons (Fsp3) is 0.308. The highest BCUT2D eigenvalue weighted by Crippen LogP contribution is 2.25. The minimum absolute atomic E-state index is 0.0241. The molecule has 100 valence electrons. The average molecular weight is 323 g/mol. The second-order valence-corrected chi connectivity index (χ2v) is 5.29. The molecule has 6 heteroatoms. The topological polar surface area (TPSA) is 59.8 Å². The summed E-state index contributed by atoms with van der Waals surface area (Å²) in [5.74, 6) is -0.0241. The molecule has 0 aliphatic heterocycles. The lowest BCUT2D eigenvalue weighted by molar-refractivity contribution is -0.116. The van der Waals surface area contributed by atoms with Gasteiger partial charge in [0.05, 0.1) is 6.54 Å². The molecular weight excluding hydrogens is 308 g/mol. The fourth-order valence-electron chi connectivity index (χ4n) is 1.87. The Bertz CT molecular complexity index is 557. The maximum atomic E-state index is 11.9. The molecule has 5 nitrogen and oxygen atoms in total. The fourth-order valence-corrected chi connectivity index (χ4v) is 2.56. The van der Waals surface area contributed by atoms with Gasteiger partial charge in [0.1, 0.15) is 12.7 Å². The van der Waals surface area contributed by atoms with Crippen LogP contribution in [0.25, 0.3) is 0 Å². The van der Waals surface area contributed by atoms with Gasteiger partial charge in [-0.15, -0.1) is 0 Å². The molecule has 0 saturated heterocycles. The van der Waals surface area contributed by atoms with Gasteiger partial charge in [-0.3, -0.25) is 9.48 Å². The summed E-state index contributed by atoms with van der Waals surface area (Å²) < 4.78 is 2.66. The molecule has 2 aromatic rings. The van der Waals surface area contributed by atoms with E-state index in [1.807, 2.05) is 26.0 Å². The first kappa shape index (κ1) is 13.7. The monoisotopic (exact) mass is 322 g/mol. The SMILES string of the molecule is Cc1cc(Br)cc(C)c1NC(=O)CCn1cncn1. The van der Waals surface area contributed by atoms with Gasteiger partial charge in [0.25, 0.3) is 0 Å². The van der Waals surface area contributed by atoms with Crippen LogP contribution < -0.4 is 5.32 Å². The van der Waals surface area contributed by atoms with Crippen LogP contribution >= 0.6 is 15.9 Å². The summed E-state index contributed by atoms with van der Waals surface area (Å²) in [4.78, 5) is 15.7. The van der Waals surface area contributed by atoms with Gasteiger partial charge in [-0.2, -0.15) is 5.10 Å². The Morgan fingerprint density at radius 3 is 2.63 bits per heavy atom. The Morgan fingerprint density at radius 2 is 2.05 bits per heavy atom. The van der Waals surface area contributed by atoms with E-state index in [0.29, 0.717) is 13.0 Å². The number of carbonyl (C=O) groups is 1. The molecule has 1 heterocycles. The van der Waals surface area contributed by atoms with Crippen LogP contribution in [0, 0.1) is 13.8 Å². The van der Waals surface area contributed by atoms with E-state index in [9.17, 15) is 4.79 Å². The van der Waals surface area contributed by atoms with Crippen molar-refractivity contribution >= 4 is 27.5 Å². The molecular formula is C13H15BrN4O. The summed E-state index contributed by atoms with van der Waals surface area (Å²) in [7, 11) is 0. The van der Waals surface area contributed by atoms with Crippen molar-refractivity contribution < 1.29 is 4.79 Å². The number of rotatable bonds is 4. The maximum Gasteiger partial charge on any atom is 0.226 e. The van der Waals surface area contributed by atoms with Crippen molar-refractivity contribution in [2.24, 2.45) is 0 Å². The highest BCUT2D eigenvalue weighted by molar-refractivity contribution is 9.10. The van der Waals surface area contributed by atoms with Crippen LogP contribution in [0.2, 0.25) is 0 Å². The Kier molecular flexibility index (Phi) is 4.31. The number of benzene rings is 1. The average Bonchev–Trinajstić information content (AvgIpc) is 2.84. The second kappa shape index (κ2) is 5.97. The van der Waals surface area contributed by atoms with Gasteiger partial charge in [-0.1, -0.05) is 15.9 Å². The van der Waals surface area contributed by atoms with E-state index >= 15 is 0 Å². The normalized spacial score (nSPS) is 10.5. The van der Waals surface area contributed by atoms with Crippen molar-refractivity contribution in [1.82, 2.24) is 14.8 Å². The minimum atomic E-state index is -0.0241. The highest BCUT2D eigenvalue weighted by Gasteiger charge is 2.08. The third kappa shape index (κ3) is 3.64. The zero-order valence-corrected chi connectivity index (χ0v) is 12.4. The first-order valence-corrected chi connectivity index (χ1v) is 6.74. The van der Waals surface area contributed by atoms with E-state index < -0.39 is 0 Å². The number of aromatic nitrogens is 3. The lowest BCUT2D eigenvalue weighted by Crippen LogP contribution is -2.16. The number of nitrogens with one attached hydrogen (secondary N) is 1. The third-order valence-corrected chi connectivity index (χ3v) is 3.25. The van der Waals surface area contributed by atoms with Gasteiger partial charge in [0, 0.05) is 16.6 Å². The zero-order valence-electron chi connectivity index (χ0n) is 10.9. The lowest BCUT2D eigenvalue weighted by atomic mass is 10.1. The molecule has 0 saturated carbocycles. The van der Waals surface area contributed by atoms with Crippen LogP contribution in [-0.2, 0) is 11.3 Å². The van der Waals surface area contributed by atoms with Crippen LogP contribution in [0.4, 0.5) is 5.69 Å². The number of hydrogen-bond acceptors (Lipinski definition) is 3. The molecule has 2 rings (SSSR count). The van der Waals surface area contributed by atoms with E-state index in [1.165, 1.54) is 6.33 Å². The number of nitrogens with zero attached hydrogens (tertiary/aromatic N) is 3. The molecule has 0 atom stereocenters. The van der Waals surface area contributed by atoms with Crippen LogP contribution in [0.5, 0.6) is 0 Å². The predicted molar refractivity (Wildman–Crippen MR) is 76.9 cm³/mol. The van der Waals surface area contributed by atoms with E-state index in [4.69, 9.17) is 0 Å². The van der Waals surface area contributed by atoms with Crippen LogP contribution in [-0.4, -0.2) is 20.7 Å². The molecule has 1 aromatic heterocycles. The van der Waals surface area contributed by atoms with Crippen molar-refractivity contribution in [2.45, 2.75) is 26.8 Å². The van der Waals surface area contributed by atoms with Gasteiger partial charge in [-0.05, 0) is 37.1 Å². The van der Waals surface area contributed by atoms with Crippen molar-refractivity contribution in [3.05, 3.63) is 40.4 Å². The summed E-state index contributed by atoms with van der Waals surface area (Å²) in [6.07, 6.45) is 3.43. The van der Waals surface area contributed by atoms with Crippen LogP contribution in [0.3, 0.4) is 0 Å². The molecule has 0 fully saturated rings. The number of aryl methyl sites for hydroxylation is 3. The molecule has 0 aliphatic carbocycles. The summed E-state index contributed by atoms with van der Waals surface area (Å²) >= 11 is 3.44. The first-order valence-electron chi connectivity index (χ1n) is 5.95. The van der Waals surface area contributed by atoms with E-state index in [-0.39, 0.29) is 5.91 Å². The van der Waals surface area contributed by atoms with E-state index in [2.05, 4.69) is 31.3 Å². The smallest absolute Gasteiger partial charge is 0.226 e. The van der Waals surface area contributed by atoms with Crippen LogP contribution in [0.15, 0.2) is 29.3 Å². The van der Waals surface area contributed by atoms with Gasteiger partial charge in [0.15, 0.2) is 0 Å². The molecule has 1 amide bonds. The van der Waals surface area contributed by atoms with Crippen molar-refractivity contribution in [3.63, 3.8) is 0 Å². The molecule has 0 unspecified atom stereocenters. The molecule has 0 bridgehead atoms. The number of amides is 1. The number of halogens is 1. The Morgan fingerprint density at radius 1 is 1.37 bits per heavy atom. The van der Waals surface area contributed by atoms with Gasteiger partial charge in [0.2, 0.25) is 5.91 Å². The zero-order chi connectivity index (χ0) is 13.8. The third-order valence-electron chi connectivity index (χ3n) is 2.80. The molecule has 19 heavy (non-hydrogen) atoms. The number of carbonyl (C=O) groups excluding carboxylic acids is 1. The standard InChI is InChI=1S/C13H15BrN4O/c1-9-5-11(14)6-10(2)13(9)17-12(19)3-4-18-8-15-7-16-18/h5-8H,3-4H2,1-2H3,(H,17,19). The predicted octanol–water partition coefficient (Wildman–Crippen LogP) is 2.69. The minimum Gasteiger partial charge on any atom is -0.326 e. The molecule has 1 N–H and O–H groups in total. The number of anilines is 1. The molecule has 1 aromatic carbocycles. The van der Waals surface area contributed by atoms with E-state index in [0.717, 1.165) is 21.3 Å². The summed E-state index contributed by atoms with van der Waals surface area (Å²) in [6, 6.07) is 3.97. The van der Waals surface area contributed by atoms with Gasteiger partial charge >= 0.3 is 0 Å².